The topological polar surface area (TPSA) is 36.4 Å². The first-order valence-corrected chi connectivity index (χ1v) is 6.59. The highest BCUT2D eigenvalue weighted by Crippen LogP contribution is 2.25. The minimum absolute atomic E-state index is 0.413. The molecule has 2 heterocycles. The molecule has 0 amide bonds. The number of hydrogen-bond donors (Lipinski definition) is 1. The summed E-state index contributed by atoms with van der Waals surface area (Å²) in [5, 5.41) is 9.60. The van der Waals surface area contributed by atoms with Crippen molar-refractivity contribution in [3.8, 4) is 0 Å². The van der Waals surface area contributed by atoms with Crippen LogP contribution < -0.4 is 4.90 Å². The lowest BCUT2D eigenvalue weighted by Gasteiger charge is -2.33. The molecule has 17 heavy (non-hydrogen) atoms. The van der Waals surface area contributed by atoms with E-state index in [1.165, 1.54) is 19.3 Å². The van der Waals surface area contributed by atoms with Crippen LogP contribution in [0.3, 0.4) is 0 Å². The molecule has 0 aromatic carbocycles. The molecule has 0 radical (unpaired) electrons. The lowest BCUT2D eigenvalue weighted by molar-refractivity contribution is 0.199. The van der Waals surface area contributed by atoms with Gasteiger partial charge in [-0.3, -0.25) is 0 Å². The molecule has 0 aliphatic carbocycles. The molecular formula is C14H22N2O. The van der Waals surface area contributed by atoms with Gasteiger partial charge in [-0.2, -0.15) is 0 Å². The van der Waals surface area contributed by atoms with E-state index in [-0.39, 0.29) is 0 Å². The average molecular weight is 234 g/mol. The fourth-order valence-corrected chi connectivity index (χ4v) is 2.47. The summed E-state index contributed by atoms with van der Waals surface area (Å²) in [7, 11) is 0. The normalized spacial score (nSPS) is 22.5. The molecule has 1 aromatic heterocycles. The summed E-state index contributed by atoms with van der Waals surface area (Å²) in [5.41, 5.74) is 0.952. The first-order valence-electron chi connectivity index (χ1n) is 6.59. The standard InChI is InChI=1S/C14H22N2O/c1-3-12-5-4-8-16(10-12)14-9-13(11(2)17)6-7-15-14/h6-7,9,11-12,17H,3-5,8,10H2,1-2H3. The molecule has 1 fully saturated rings. The van der Waals surface area contributed by atoms with Crippen LogP contribution in [0.4, 0.5) is 5.82 Å². The maximum atomic E-state index is 9.60. The van der Waals surface area contributed by atoms with Gasteiger partial charge in [-0.05, 0) is 43.4 Å². The smallest absolute Gasteiger partial charge is 0.128 e. The third-order valence-electron chi connectivity index (χ3n) is 3.67. The Hall–Kier alpha value is -1.09. The Morgan fingerprint density at radius 3 is 3.12 bits per heavy atom. The molecule has 94 valence electrons. The molecule has 1 saturated heterocycles. The van der Waals surface area contributed by atoms with Crippen LogP contribution in [-0.2, 0) is 0 Å². The van der Waals surface area contributed by atoms with E-state index in [0.29, 0.717) is 0 Å². The number of aliphatic hydroxyl groups is 1. The number of piperidine rings is 1. The van der Waals surface area contributed by atoms with Gasteiger partial charge < -0.3 is 10.0 Å². The van der Waals surface area contributed by atoms with Crippen LogP contribution in [0.5, 0.6) is 0 Å². The van der Waals surface area contributed by atoms with Gasteiger partial charge >= 0.3 is 0 Å². The van der Waals surface area contributed by atoms with E-state index >= 15 is 0 Å². The summed E-state index contributed by atoms with van der Waals surface area (Å²) in [6, 6.07) is 3.90. The van der Waals surface area contributed by atoms with E-state index in [9.17, 15) is 5.11 Å². The van der Waals surface area contributed by atoms with Crippen LogP contribution >= 0.6 is 0 Å². The monoisotopic (exact) mass is 234 g/mol. The van der Waals surface area contributed by atoms with Crippen molar-refractivity contribution in [2.75, 3.05) is 18.0 Å². The second-order valence-corrected chi connectivity index (χ2v) is 4.99. The summed E-state index contributed by atoms with van der Waals surface area (Å²) < 4.78 is 0. The highest BCUT2D eigenvalue weighted by Gasteiger charge is 2.19. The van der Waals surface area contributed by atoms with E-state index in [4.69, 9.17) is 0 Å². The Kier molecular flexibility index (Phi) is 4.00. The highest BCUT2D eigenvalue weighted by molar-refractivity contribution is 5.42. The Bertz CT molecular complexity index is 365. The second-order valence-electron chi connectivity index (χ2n) is 4.99. The van der Waals surface area contributed by atoms with Crippen molar-refractivity contribution in [1.82, 2.24) is 4.98 Å². The SMILES string of the molecule is CCC1CCCN(c2cc(C(C)O)ccn2)C1. The van der Waals surface area contributed by atoms with Crippen molar-refractivity contribution >= 4 is 5.82 Å². The second kappa shape index (κ2) is 5.50. The van der Waals surface area contributed by atoms with Gasteiger partial charge in [0.1, 0.15) is 5.82 Å². The molecule has 1 N–H and O–H groups in total. The summed E-state index contributed by atoms with van der Waals surface area (Å²) in [6.45, 7) is 6.25. The predicted molar refractivity (Wildman–Crippen MR) is 70.1 cm³/mol. The molecule has 3 nitrogen and oxygen atoms in total. The molecule has 0 spiro atoms. The largest absolute Gasteiger partial charge is 0.389 e. The van der Waals surface area contributed by atoms with Crippen molar-refractivity contribution < 1.29 is 5.11 Å². The van der Waals surface area contributed by atoms with Gasteiger partial charge in [0.25, 0.3) is 0 Å². The molecule has 2 atom stereocenters. The average Bonchev–Trinajstić information content (AvgIpc) is 2.39. The zero-order valence-electron chi connectivity index (χ0n) is 10.8. The van der Waals surface area contributed by atoms with Crippen molar-refractivity contribution in [2.45, 2.75) is 39.2 Å². The van der Waals surface area contributed by atoms with E-state index in [1.54, 1.807) is 13.1 Å². The van der Waals surface area contributed by atoms with E-state index in [0.717, 1.165) is 30.4 Å². The fraction of sp³-hybridized carbons (Fsp3) is 0.643. The van der Waals surface area contributed by atoms with Crippen LogP contribution in [0.25, 0.3) is 0 Å². The van der Waals surface area contributed by atoms with E-state index < -0.39 is 6.10 Å². The van der Waals surface area contributed by atoms with Crippen molar-refractivity contribution in [2.24, 2.45) is 5.92 Å². The van der Waals surface area contributed by atoms with E-state index in [1.807, 2.05) is 12.1 Å². The number of hydrogen-bond acceptors (Lipinski definition) is 3. The summed E-state index contributed by atoms with van der Waals surface area (Å²) in [4.78, 5) is 6.78. The summed E-state index contributed by atoms with van der Waals surface area (Å²) >= 11 is 0. The quantitative estimate of drug-likeness (QED) is 0.873. The summed E-state index contributed by atoms with van der Waals surface area (Å²) in [6.07, 6.45) is 5.21. The van der Waals surface area contributed by atoms with Gasteiger partial charge in [-0.25, -0.2) is 4.98 Å². The van der Waals surface area contributed by atoms with Crippen molar-refractivity contribution in [3.05, 3.63) is 23.9 Å². The van der Waals surface area contributed by atoms with Crippen LogP contribution in [0.1, 0.15) is 44.8 Å². The fourth-order valence-electron chi connectivity index (χ4n) is 2.47. The predicted octanol–water partition coefficient (Wildman–Crippen LogP) is 2.76. The Morgan fingerprint density at radius 1 is 1.59 bits per heavy atom. The number of nitrogens with zero attached hydrogens (tertiary/aromatic N) is 2. The number of anilines is 1. The zero-order valence-corrected chi connectivity index (χ0v) is 10.8. The Balaban J connectivity index is 2.13. The van der Waals surface area contributed by atoms with Gasteiger partial charge in [0.05, 0.1) is 6.10 Å². The lowest BCUT2D eigenvalue weighted by Crippen LogP contribution is -2.35. The maximum Gasteiger partial charge on any atom is 0.128 e. The van der Waals surface area contributed by atoms with E-state index in [2.05, 4.69) is 16.8 Å². The summed E-state index contributed by atoms with van der Waals surface area (Å²) in [5.74, 6) is 1.81. The van der Waals surface area contributed by atoms with Gasteiger partial charge in [-0.1, -0.05) is 13.3 Å². The van der Waals surface area contributed by atoms with Gasteiger partial charge in [0.15, 0.2) is 0 Å². The molecular weight excluding hydrogens is 212 g/mol. The molecule has 3 heteroatoms. The third-order valence-corrected chi connectivity index (χ3v) is 3.67. The molecule has 1 aliphatic heterocycles. The molecule has 2 unspecified atom stereocenters. The van der Waals surface area contributed by atoms with Gasteiger partial charge in [-0.15, -0.1) is 0 Å². The van der Waals surface area contributed by atoms with Crippen molar-refractivity contribution in [3.63, 3.8) is 0 Å². The number of aromatic nitrogens is 1. The maximum absolute atomic E-state index is 9.60. The lowest BCUT2D eigenvalue weighted by atomic mass is 9.95. The highest BCUT2D eigenvalue weighted by atomic mass is 16.3. The van der Waals surface area contributed by atoms with Crippen LogP contribution in [-0.4, -0.2) is 23.2 Å². The Morgan fingerprint density at radius 2 is 2.41 bits per heavy atom. The van der Waals surface area contributed by atoms with Crippen LogP contribution in [0, 0.1) is 5.92 Å². The molecule has 1 aromatic rings. The molecule has 0 bridgehead atoms. The zero-order chi connectivity index (χ0) is 12.3. The number of rotatable bonds is 3. The minimum Gasteiger partial charge on any atom is -0.389 e. The van der Waals surface area contributed by atoms with Crippen LogP contribution in [0.2, 0.25) is 0 Å². The number of aliphatic hydroxyl groups excluding tert-OH is 1. The minimum atomic E-state index is -0.413. The first-order chi connectivity index (χ1) is 8.20. The number of pyridine rings is 1. The van der Waals surface area contributed by atoms with Gasteiger partial charge in [0, 0.05) is 19.3 Å². The Labute approximate surface area is 103 Å². The third kappa shape index (κ3) is 2.97. The van der Waals surface area contributed by atoms with Crippen LogP contribution in [0.15, 0.2) is 18.3 Å². The molecule has 1 aliphatic rings. The molecule has 2 rings (SSSR count). The first kappa shape index (κ1) is 12.4. The van der Waals surface area contributed by atoms with Gasteiger partial charge in [0.2, 0.25) is 0 Å². The molecule has 0 saturated carbocycles. The van der Waals surface area contributed by atoms with Crippen molar-refractivity contribution in [1.29, 1.82) is 0 Å².